The zero-order chi connectivity index (χ0) is 13.4. The van der Waals surface area contributed by atoms with Crippen molar-refractivity contribution in [1.82, 2.24) is 5.01 Å². The number of nitrogens with two attached hydrogens (primary N) is 1. The van der Waals surface area contributed by atoms with Crippen LogP contribution in [-0.2, 0) is 0 Å². The standard InChI is InChI=1S/C11H20Cl2N4/c1-10(2,3)6-11(4,5)7-15-8(12)16-9(13)17(7)14/h7H,6,14H2,1-5H3. The highest BCUT2D eigenvalue weighted by atomic mass is 35.5. The molecule has 6 heteroatoms. The van der Waals surface area contributed by atoms with Crippen LogP contribution in [0.5, 0.6) is 0 Å². The van der Waals surface area contributed by atoms with Crippen molar-refractivity contribution in [1.29, 1.82) is 0 Å². The Morgan fingerprint density at radius 1 is 1.24 bits per heavy atom. The van der Waals surface area contributed by atoms with E-state index in [9.17, 15) is 0 Å². The Balaban J connectivity index is 2.96. The van der Waals surface area contributed by atoms with Gasteiger partial charge in [-0.1, -0.05) is 34.6 Å². The zero-order valence-electron chi connectivity index (χ0n) is 11.0. The van der Waals surface area contributed by atoms with E-state index >= 15 is 0 Å². The lowest BCUT2D eigenvalue weighted by atomic mass is 9.74. The Kier molecular flexibility index (Phi) is 4.12. The van der Waals surface area contributed by atoms with Crippen LogP contribution in [0.3, 0.4) is 0 Å². The van der Waals surface area contributed by atoms with E-state index in [2.05, 4.69) is 44.6 Å². The molecule has 17 heavy (non-hydrogen) atoms. The first-order chi connectivity index (χ1) is 7.53. The van der Waals surface area contributed by atoms with Gasteiger partial charge < -0.3 is 0 Å². The van der Waals surface area contributed by atoms with Crippen molar-refractivity contribution in [2.75, 3.05) is 0 Å². The summed E-state index contributed by atoms with van der Waals surface area (Å²) in [7, 11) is 0. The minimum atomic E-state index is -0.292. The quantitative estimate of drug-likeness (QED) is 0.623. The minimum Gasteiger partial charge on any atom is -0.260 e. The molecular formula is C11H20Cl2N4. The van der Waals surface area contributed by atoms with Gasteiger partial charge in [-0.25, -0.2) is 10.8 Å². The largest absolute Gasteiger partial charge is 0.260 e. The van der Waals surface area contributed by atoms with E-state index in [0.29, 0.717) is 0 Å². The zero-order valence-corrected chi connectivity index (χ0v) is 12.5. The van der Waals surface area contributed by atoms with Gasteiger partial charge in [0, 0.05) is 5.41 Å². The average Bonchev–Trinajstić information content (AvgIpc) is 2.06. The number of halogens is 2. The first-order valence-electron chi connectivity index (χ1n) is 5.54. The van der Waals surface area contributed by atoms with E-state index in [-0.39, 0.29) is 27.6 Å². The molecule has 1 rings (SSSR count). The van der Waals surface area contributed by atoms with Gasteiger partial charge in [-0.2, -0.15) is 4.99 Å². The van der Waals surface area contributed by atoms with Crippen LogP contribution in [0, 0.1) is 10.8 Å². The average molecular weight is 279 g/mol. The summed E-state index contributed by atoms with van der Waals surface area (Å²) in [4.78, 5) is 8.10. The van der Waals surface area contributed by atoms with Crippen LogP contribution < -0.4 is 5.84 Å². The van der Waals surface area contributed by atoms with E-state index in [1.165, 1.54) is 5.01 Å². The highest BCUT2D eigenvalue weighted by molar-refractivity contribution is 6.71. The molecule has 0 amide bonds. The second-order valence-electron chi connectivity index (χ2n) is 6.29. The van der Waals surface area contributed by atoms with Crippen LogP contribution in [0.15, 0.2) is 9.98 Å². The predicted molar refractivity (Wildman–Crippen MR) is 74.2 cm³/mol. The van der Waals surface area contributed by atoms with Crippen molar-refractivity contribution in [2.45, 2.75) is 47.2 Å². The molecule has 0 aromatic carbocycles. The van der Waals surface area contributed by atoms with Gasteiger partial charge >= 0.3 is 0 Å². The maximum absolute atomic E-state index is 5.92. The van der Waals surface area contributed by atoms with Gasteiger partial charge in [0.1, 0.15) is 6.17 Å². The van der Waals surface area contributed by atoms with Crippen molar-refractivity contribution in [3.63, 3.8) is 0 Å². The summed E-state index contributed by atoms with van der Waals surface area (Å²) in [6, 6.07) is 0. The molecule has 1 atom stereocenters. The van der Waals surface area contributed by atoms with Crippen LogP contribution in [0.1, 0.15) is 41.0 Å². The molecule has 1 heterocycles. The van der Waals surface area contributed by atoms with E-state index in [0.717, 1.165) is 6.42 Å². The third kappa shape index (κ3) is 3.83. The third-order valence-corrected chi connectivity index (χ3v) is 3.04. The fraction of sp³-hybridized carbons (Fsp3) is 0.818. The first-order valence-corrected chi connectivity index (χ1v) is 6.30. The van der Waals surface area contributed by atoms with Gasteiger partial charge in [-0.15, -0.1) is 0 Å². The Bertz CT molecular complexity index is 355. The third-order valence-electron chi connectivity index (χ3n) is 2.57. The molecule has 98 valence electrons. The van der Waals surface area contributed by atoms with Gasteiger partial charge in [0.05, 0.1) is 0 Å². The lowest BCUT2D eigenvalue weighted by Gasteiger charge is -2.41. The first kappa shape index (κ1) is 14.7. The predicted octanol–water partition coefficient (Wildman–Crippen LogP) is 3.15. The maximum atomic E-state index is 5.92. The molecule has 0 saturated carbocycles. The van der Waals surface area contributed by atoms with Crippen LogP contribution in [-0.4, -0.2) is 21.8 Å². The van der Waals surface area contributed by atoms with Crippen LogP contribution >= 0.6 is 23.2 Å². The van der Waals surface area contributed by atoms with Crippen LogP contribution in [0.2, 0.25) is 0 Å². The number of aliphatic imine (C=N–C) groups is 2. The fourth-order valence-electron chi connectivity index (χ4n) is 2.44. The fourth-order valence-corrected chi connectivity index (χ4v) is 2.82. The van der Waals surface area contributed by atoms with Gasteiger partial charge in [0.25, 0.3) is 0 Å². The number of rotatable bonds is 2. The lowest BCUT2D eigenvalue weighted by Crippen LogP contribution is -2.52. The van der Waals surface area contributed by atoms with Gasteiger partial charge in [0.2, 0.25) is 10.6 Å². The van der Waals surface area contributed by atoms with Crippen molar-refractivity contribution in [3.8, 4) is 0 Å². The molecule has 0 spiro atoms. The van der Waals surface area contributed by atoms with Crippen molar-refractivity contribution >= 4 is 33.8 Å². The number of hydrogen-bond donors (Lipinski definition) is 1. The van der Waals surface area contributed by atoms with E-state index < -0.39 is 0 Å². The molecule has 0 fully saturated rings. The second kappa shape index (κ2) is 4.75. The Morgan fingerprint density at radius 2 is 1.76 bits per heavy atom. The molecule has 0 aromatic heterocycles. The highest BCUT2D eigenvalue weighted by Crippen LogP contribution is 2.39. The summed E-state index contributed by atoms with van der Waals surface area (Å²) in [5, 5.41) is 1.71. The van der Waals surface area contributed by atoms with Crippen molar-refractivity contribution in [2.24, 2.45) is 26.7 Å². The minimum absolute atomic E-state index is 0.150. The Hall–Kier alpha value is -0.320. The summed E-state index contributed by atoms with van der Waals surface area (Å²) in [6.45, 7) is 10.7. The molecule has 0 saturated heterocycles. The van der Waals surface area contributed by atoms with E-state index in [1.807, 2.05) is 0 Å². The Morgan fingerprint density at radius 3 is 2.24 bits per heavy atom. The summed E-state index contributed by atoms with van der Waals surface area (Å²) >= 11 is 11.8. The highest BCUT2D eigenvalue weighted by Gasteiger charge is 2.39. The molecule has 0 aliphatic carbocycles. The number of hydrogen-bond acceptors (Lipinski definition) is 4. The van der Waals surface area contributed by atoms with Gasteiger partial charge in [-0.05, 0) is 35.0 Å². The maximum Gasteiger partial charge on any atom is 0.222 e. The molecule has 1 aliphatic rings. The van der Waals surface area contributed by atoms with Crippen molar-refractivity contribution < 1.29 is 0 Å². The molecule has 1 unspecified atom stereocenters. The topological polar surface area (TPSA) is 54.0 Å². The van der Waals surface area contributed by atoms with Gasteiger partial charge in [0.15, 0.2) is 0 Å². The number of hydrazine groups is 1. The normalized spacial score (nSPS) is 22.4. The molecule has 0 aromatic rings. The van der Waals surface area contributed by atoms with Crippen LogP contribution in [0.25, 0.3) is 0 Å². The second-order valence-corrected chi connectivity index (χ2v) is 6.96. The smallest absolute Gasteiger partial charge is 0.222 e. The molecular weight excluding hydrogens is 259 g/mol. The summed E-state index contributed by atoms with van der Waals surface area (Å²) in [5.41, 5.74) is 0.0244. The van der Waals surface area contributed by atoms with Crippen LogP contribution in [0.4, 0.5) is 0 Å². The molecule has 0 bridgehead atoms. The van der Waals surface area contributed by atoms with E-state index in [1.54, 1.807) is 0 Å². The SMILES string of the molecule is CC(C)(C)CC(C)(C)C1N=C(Cl)N=C(Cl)N1N. The molecule has 4 nitrogen and oxygen atoms in total. The molecule has 1 aliphatic heterocycles. The van der Waals surface area contributed by atoms with E-state index in [4.69, 9.17) is 29.0 Å². The number of amidine groups is 2. The summed E-state index contributed by atoms with van der Waals surface area (Å²) in [5.74, 6) is 5.89. The molecule has 2 N–H and O–H groups in total. The Labute approximate surface area is 113 Å². The lowest BCUT2D eigenvalue weighted by molar-refractivity contribution is 0.103. The van der Waals surface area contributed by atoms with Crippen molar-refractivity contribution in [3.05, 3.63) is 0 Å². The number of nitrogens with zero attached hydrogens (tertiary/aromatic N) is 3. The van der Waals surface area contributed by atoms with Gasteiger partial charge in [-0.3, -0.25) is 5.01 Å². The summed E-state index contributed by atoms with van der Waals surface area (Å²) in [6.07, 6.45) is 0.648. The summed E-state index contributed by atoms with van der Waals surface area (Å²) < 4.78 is 0. The molecule has 0 radical (unpaired) electrons. The monoisotopic (exact) mass is 278 g/mol.